The molecule has 2 rings (SSSR count). The Morgan fingerprint density at radius 1 is 0.423 bits per heavy atom. The van der Waals surface area contributed by atoms with Gasteiger partial charge in [-0.15, -0.1) is 0 Å². The van der Waals surface area contributed by atoms with Gasteiger partial charge in [-0.05, 0) is 112 Å². The van der Waals surface area contributed by atoms with Gasteiger partial charge in [0.25, 0.3) is 37.2 Å². The lowest BCUT2D eigenvalue weighted by Crippen LogP contribution is -1.98. The normalized spacial score (nSPS) is 36.2. The minimum Gasteiger partial charge on any atom is -0.313 e. The summed E-state index contributed by atoms with van der Waals surface area (Å²) in [5.41, 5.74) is 0. The first kappa shape index (κ1) is 26.5. The summed E-state index contributed by atoms with van der Waals surface area (Å²) in [6.07, 6.45) is 0. The first-order valence-corrected chi connectivity index (χ1v) is 24.6. The third-order valence-electron chi connectivity index (χ3n) is 1.90. The molecule has 0 aromatic carbocycles. The fourth-order valence-corrected chi connectivity index (χ4v) is 34.4. The molecule has 0 aromatic rings. The van der Waals surface area contributed by atoms with Gasteiger partial charge < -0.3 is 9.05 Å². The first-order chi connectivity index (χ1) is 11.4. The lowest BCUT2D eigenvalue weighted by molar-refractivity contribution is 0.248. The second-order valence-corrected chi connectivity index (χ2v) is 30.4. The van der Waals surface area contributed by atoms with Gasteiger partial charge in [0.15, 0.2) is 0 Å². The molecule has 2 atom stereocenters. The molecule has 0 saturated carbocycles. The second-order valence-electron chi connectivity index (χ2n) is 3.97. The average molecular weight is 684 g/mol. The molecule has 154 valence electrons. The largest absolute Gasteiger partial charge is 0.313 e. The molecule has 0 aliphatic carbocycles. The monoisotopic (exact) mass is 680 g/mol. The molecule has 26 heavy (non-hydrogen) atoms. The molecule has 8 nitrogen and oxygen atoms in total. The van der Waals surface area contributed by atoms with E-state index in [0.29, 0.717) is 0 Å². The third kappa shape index (κ3) is 8.62. The quantitative estimate of drug-likeness (QED) is 0.213. The second kappa shape index (κ2) is 9.21. The van der Waals surface area contributed by atoms with Crippen molar-refractivity contribution in [3.05, 3.63) is 0 Å². The van der Waals surface area contributed by atoms with Crippen molar-refractivity contribution in [2.75, 3.05) is 13.2 Å². The number of rotatable bonds is 5. The molecule has 2 aliphatic heterocycles. The highest BCUT2D eigenvalue weighted by molar-refractivity contribution is 8.23. The van der Waals surface area contributed by atoms with Crippen LogP contribution in [0.4, 0.5) is 0 Å². The Morgan fingerprint density at radius 3 is 0.962 bits per heavy atom. The number of nitrogens with zero attached hydrogens (tertiary/aromatic N) is 6. The fourth-order valence-electron chi connectivity index (χ4n) is 1.31. The van der Waals surface area contributed by atoms with Crippen molar-refractivity contribution in [2.45, 2.75) is 0 Å². The van der Waals surface area contributed by atoms with Crippen molar-refractivity contribution in [1.29, 1.82) is 0 Å². The van der Waals surface area contributed by atoms with Gasteiger partial charge in [-0.1, -0.05) is 0 Å². The van der Waals surface area contributed by atoms with Gasteiger partial charge in [0.2, 0.25) is 0 Å². The first-order valence-electron chi connectivity index (χ1n) is 5.53. The summed E-state index contributed by atoms with van der Waals surface area (Å²) in [6, 6.07) is 0. The summed E-state index contributed by atoms with van der Waals surface area (Å²) in [5.74, 6) is -12.8. The number of hydrogen-bond acceptors (Lipinski definition) is 8. The van der Waals surface area contributed by atoms with Crippen LogP contribution < -0.4 is 0 Å². The van der Waals surface area contributed by atoms with Crippen molar-refractivity contribution < 1.29 is 9.05 Å². The highest BCUT2D eigenvalue weighted by Gasteiger charge is 2.35. The van der Waals surface area contributed by atoms with Crippen LogP contribution in [0, 0.1) is 0 Å². The van der Waals surface area contributed by atoms with Crippen molar-refractivity contribution in [3.8, 4) is 0 Å². The van der Waals surface area contributed by atoms with Gasteiger partial charge in [-0.3, -0.25) is 0 Å². The maximum atomic E-state index is 6.19. The van der Waals surface area contributed by atoms with Crippen LogP contribution in [0.1, 0.15) is 0 Å². The van der Waals surface area contributed by atoms with E-state index in [0.717, 1.165) is 0 Å². The van der Waals surface area contributed by atoms with Gasteiger partial charge in [-0.2, -0.15) is 27.1 Å². The molecule has 0 N–H and O–H groups in total. The topological polar surface area (TPSA) is 92.6 Å². The Kier molecular flexibility index (Phi) is 9.37. The molecule has 2 aliphatic rings. The predicted molar refractivity (Wildman–Crippen MR) is 127 cm³/mol. The van der Waals surface area contributed by atoms with Crippen LogP contribution >= 0.6 is 150 Å². The third-order valence-corrected chi connectivity index (χ3v) is 26.1. The summed E-state index contributed by atoms with van der Waals surface area (Å²) in [7, 11) is 0. The summed E-state index contributed by atoms with van der Waals surface area (Å²) in [5, 5.41) is 0. The maximum Gasteiger partial charge on any atom is 0.299 e. The van der Waals surface area contributed by atoms with E-state index in [4.69, 9.17) is 121 Å². The van der Waals surface area contributed by atoms with Crippen LogP contribution in [-0.2, 0) is 9.05 Å². The van der Waals surface area contributed by atoms with Crippen LogP contribution in [0.25, 0.3) is 0 Å². The Hall–Kier alpha value is 4.20. The van der Waals surface area contributed by atoms with Crippen molar-refractivity contribution in [2.24, 2.45) is 27.1 Å². The molecule has 0 fully saturated rings. The highest BCUT2D eigenvalue weighted by atomic mass is 35.9. The molecular formula is C2H4Cl10N6O2P6. The Bertz CT molecular complexity index is 841. The van der Waals surface area contributed by atoms with Gasteiger partial charge in [0.05, 0.1) is 13.2 Å². The summed E-state index contributed by atoms with van der Waals surface area (Å²) < 4.78 is 33.9. The van der Waals surface area contributed by atoms with Crippen LogP contribution in [0.15, 0.2) is 27.1 Å². The van der Waals surface area contributed by atoms with E-state index in [1.807, 2.05) is 0 Å². The Labute approximate surface area is 197 Å². The summed E-state index contributed by atoms with van der Waals surface area (Å²) in [6.45, 7) is -6.98. The zero-order valence-electron chi connectivity index (χ0n) is 11.4. The molecule has 0 aromatic heterocycles. The maximum absolute atomic E-state index is 6.19. The van der Waals surface area contributed by atoms with Gasteiger partial charge in [-0.25, -0.2) is 0 Å². The van der Waals surface area contributed by atoms with Gasteiger partial charge in [0, 0.05) is 0 Å². The average Bonchev–Trinajstić information content (AvgIpc) is 2.25. The lowest BCUT2D eigenvalue weighted by atomic mass is 10.8. The van der Waals surface area contributed by atoms with E-state index in [2.05, 4.69) is 27.1 Å². The SMILES string of the molecule is ClP1(Cl)=NP(Cl)(Cl)=NP(Cl)(OCCOP2(Cl)=NP(Cl)(Cl)=NP(Cl)(Cl)=N2)=N1. The van der Waals surface area contributed by atoms with Gasteiger partial charge in [0.1, 0.15) is 0 Å². The van der Waals surface area contributed by atoms with Crippen molar-refractivity contribution >= 4 is 150 Å². The fraction of sp³-hybridized carbons (Fsp3) is 1.00. The minimum absolute atomic E-state index is 0.158. The Balaban J connectivity index is 2.11. The zero-order chi connectivity index (χ0) is 20.1. The molecule has 0 saturated heterocycles. The van der Waals surface area contributed by atoms with Crippen molar-refractivity contribution in [3.63, 3.8) is 0 Å². The van der Waals surface area contributed by atoms with Crippen LogP contribution in [-0.4, -0.2) is 13.2 Å². The molecular weight excluding hydrogens is 680 g/mol. The molecule has 0 radical (unpaired) electrons. The molecule has 2 heterocycles. The number of halogens is 10. The smallest absolute Gasteiger partial charge is 0.299 e. The molecule has 0 spiro atoms. The van der Waals surface area contributed by atoms with Crippen LogP contribution in [0.2, 0.25) is 0 Å². The van der Waals surface area contributed by atoms with E-state index in [-0.39, 0.29) is 13.2 Å². The van der Waals surface area contributed by atoms with E-state index >= 15 is 0 Å². The van der Waals surface area contributed by atoms with Gasteiger partial charge >= 0.3 is 0 Å². The van der Waals surface area contributed by atoms with Crippen LogP contribution in [0.5, 0.6) is 0 Å². The summed E-state index contributed by atoms with van der Waals surface area (Å²) in [4.78, 5) is 0. The van der Waals surface area contributed by atoms with E-state index in [1.165, 1.54) is 0 Å². The highest BCUT2D eigenvalue weighted by Crippen LogP contribution is 2.88. The summed E-state index contributed by atoms with van der Waals surface area (Å²) >= 11 is 59.8. The molecule has 0 bridgehead atoms. The zero-order valence-corrected chi connectivity index (χ0v) is 24.3. The van der Waals surface area contributed by atoms with Crippen LogP contribution in [0.3, 0.4) is 0 Å². The molecule has 24 heteroatoms. The minimum atomic E-state index is -3.33. The number of hydrogen-bond donors (Lipinski definition) is 0. The lowest BCUT2D eigenvalue weighted by Gasteiger charge is -2.23. The van der Waals surface area contributed by atoms with E-state index in [1.54, 1.807) is 0 Å². The van der Waals surface area contributed by atoms with E-state index < -0.39 is 37.2 Å². The standard InChI is InChI=1S/C2H4Cl10N6O2P6/c3-21(4)13-22(5,6)16-25(11,15-21)19-1-2-20-26(12)17-23(7,8)14-24(9,10)18-26/h1-2H2. The molecule has 2 unspecified atom stereocenters. The Morgan fingerprint density at radius 2 is 0.692 bits per heavy atom. The van der Waals surface area contributed by atoms with Crippen molar-refractivity contribution in [1.82, 2.24) is 0 Å². The molecule has 0 amide bonds. The predicted octanol–water partition coefficient (Wildman–Crippen LogP) is 13.1. The van der Waals surface area contributed by atoms with E-state index in [9.17, 15) is 0 Å².